The Labute approximate surface area is 93.7 Å². The van der Waals surface area contributed by atoms with E-state index in [9.17, 15) is 9.00 Å². The molecule has 5 heteroatoms. The van der Waals surface area contributed by atoms with Gasteiger partial charge in [0, 0.05) is 35.7 Å². The van der Waals surface area contributed by atoms with E-state index in [1.54, 1.807) is 11.9 Å². The smallest absolute Gasteiger partial charge is 0.235 e. The van der Waals surface area contributed by atoms with Gasteiger partial charge in [-0.3, -0.25) is 9.00 Å². The minimum absolute atomic E-state index is 0.0147. The van der Waals surface area contributed by atoms with E-state index in [2.05, 4.69) is 0 Å². The van der Waals surface area contributed by atoms with Crippen LogP contribution in [0.4, 0.5) is 0 Å². The summed E-state index contributed by atoms with van der Waals surface area (Å²) in [7, 11) is 0.683. The van der Waals surface area contributed by atoms with Gasteiger partial charge in [0.1, 0.15) is 5.75 Å². The number of nitrogens with two attached hydrogens (primary N) is 1. The summed E-state index contributed by atoms with van der Waals surface area (Å²) in [5.41, 5.74) is 5.68. The van der Waals surface area contributed by atoms with Crippen molar-refractivity contribution < 1.29 is 9.00 Å². The molecule has 88 valence electrons. The van der Waals surface area contributed by atoms with Crippen molar-refractivity contribution in [3.8, 4) is 0 Å². The number of hydrogen-bond acceptors (Lipinski definition) is 3. The van der Waals surface area contributed by atoms with Crippen LogP contribution in [0.1, 0.15) is 26.2 Å². The highest BCUT2D eigenvalue weighted by molar-refractivity contribution is 7.85. The SMILES string of the molecule is CCC(N)CS(=O)CC(=O)N(C)C1CC1. The van der Waals surface area contributed by atoms with Gasteiger partial charge in [0.15, 0.2) is 0 Å². The number of carbonyl (C=O) groups excluding carboxylic acids is 1. The van der Waals surface area contributed by atoms with E-state index in [4.69, 9.17) is 5.73 Å². The maximum absolute atomic E-state index is 11.6. The molecule has 0 aromatic heterocycles. The fourth-order valence-corrected chi connectivity index (χ4v) is 2.63. The maximum Gasteiger partial charge on any atom is 0.235 e. The summed E-state index contributed by atoms with van der Waals surface area (Å²) in [6, 6.07) is 0.346. The third-order valence-corrected chi connectivity index (χ3v) is 4.07. The van der Waals surface area contributed by atoms with Crippen LogP contribution < -0.4 is 5.73 Å². The van der Waals surface area contributed by atoms with Crippen molar-refractivity contribution in [3.05, 3.63) is 0 Å². The van der Waals surface area contributed by atoms with Crippen LogP contribution >= 0.6 is 0 Å². The lowest BCUT2D eigenvalue weighted by Crippen LogP contribution is -2.35. The number of amides is 1. The van der Waals surface area contributed by atoms with Gasteiger partial charge in [0.25, 0.3) is 0 Å². The highest BCUT2D eigenvalue weighted by Crippen LogP contribution is 2.25. The van der Waals surface area contributed by atoms with Crippen molar-refractivity contribution in [1.29, 1.82) is 0 Å². The molecule has 2 N–H and O–H groups in total. The zero-order chi connectivity index (χ0) is 11.4. The molecule has 0 aromatic rings. The van der Waals surface area contributed by atoms with Gasteiger partial charge < -0.3 is 10.6 Å². The van der Waals surface area contributed by atoms with Gasteiger partial charge in [0.05, 0.1) is 0 Å². The molecular formula is C10H20N2O2S. The Morgan fingerprint density at radius 2 is 2.20 bits per heavy atom. The third kappa shape index (κ3) is 4.30. The minimum Gasteiger partial charge on any atom is -0.342 e. The van der Waals surface area contributed by atoms with Gasteiger partial charge in [-0.25, -0.2) is 0 Å². The van der Waals surface area contributed by atoms with Crippen molar-refractivity contribution in [3.63, 3.8) is 0 Å². The van der Waals surface area contributed by atoms with E-state index in [-0.39, 0.29) is 17.7 Å². The molecule has 1 aliphatic carbocycles. The summed E-state index contributed by atoms with van der Waals surface area (Å²) in [6.07, 6.45) is 2.98. The molecule has 0 bridgehead atoms. The molecule has 0 saturated heterocycles. The molecule has 4 nitrogen and oxygen atoms in total. The van der Waals surface area contributed by atoms with Gasteiger partial charge >= 0.3 is 0 Å². The molecule has 2 unspecified atom stereocenters. The van der Waals surface area contributed by atoms with Crippen LogP contribution in [-0.4, -0.2) is 45.7 Å². The average molecular weight is 232 g/mol. The Kier molecular flexibility index (Phi) is 4.73. The Balaban J connectivity index is 2.27. The molecule has 0 radical (unpaired) electrons. The largest absolute Gasteiger partial charge is 0.342 e. The monoisotopic (exact) mass is 232 g/mol. The quantitative estimate of drug-likeness (QED) is 0.706. The topological polar surface area (TPSA) is 63.4 Å². The summed E-state index contributed by atoms with van der Waals surface area (Å²) in [6.45, 7) is 1.96. The fourth-order valence-electron chi connectivity index (χ4n) is 1.32. The summed E-state index contributed by atoms with van der Waals surface area (Å²) in [5.74, 6) is 0.542. The molecule has 1 aliphatic rings. The van der Waals surface area contributed by atoms with Crippen LogP contribution in [0.5, 0.6) is 0 Å². The predicted molar refractivity (Wildman–Crippen MR) is 61.9 cm³/mol. The maximum atomic E-state index is 11.6. The summed E-state index contributed by atoms with van der Waals surface area (Å²) >= 11 is 0. The summed E-state index contributed by atoms with van der Waals surface area (Å²) in [5, 5.41) is 0. The lowest BCUT2D eigenvalue weighted by Gasteiger charge is -2.16. The molecule has 0 spiro atoms. The Bertz CT molecular complexity index is 254. The van der Waals surface area contributed by atoms with Crippen LogP contribution in [0, 0.1) is 0 Å². The van der Waals surface area contributed by atoms with Gasteiger partial charge in [-0.05, 0) is 19.3 Å². The van der Waals surface area contributed by atoms with E-state index in [1.807, 2.05) is 6.92 Å². The lowest BCUT2D eigenvalue weighted by atomic mass is 10.3. The van der Waals surface area contributed by atoms with Gasteiger partial charge in [-0.1, -0.05) is 6.92 Å². The fraction of sp³-hybridized carbons (Fsp3) is 0.900. The molecule has 1 fully saturated rings. The first-order valence-electron chi connectivity index (χ1n) is 5.40. The molecule has 2 atom stereocenters. The number of rotatable bonds is 6. The molecular weight excluding hydrogens is 212 g/mol. The van der Waals surface area contributed by atoms with Gasteiger partial charge in [-0.2, -0.15) is 0 Å². The number of nitrogens with zero attached hydrogens (tertiary/aromatic N) is 1. The zero-order valence-corrected chi connectivity index (χ0v) is 10.3. The van der Waals surface area contributed by atoms with E-state index in [0.717, 1.165) is 19.3 Å². The van der Waals surface area contributed by atoms with Crippen molar-refractivity contribution in [2.24, 2.45) is 5.73 Å². The van der Waals surface area contributed by atoms with Crippen LogP contribution in [0.25, 0.3) is 0 Å². The summed E-state index contributed by atoms with van der Waals surface area (Å²) < 4.78 is 11.6. The van der Waals surface area contributed by atoms with Crippen molar-refractivity contribution in [1.82, 2.24) is 4.90 Å². The molecule has 15 heavy (non-hydrogen) atoms. The van der Waals surface area contributed by atoms with Crippen molar-refractivity contribution in [2.45, 2.75) is 38.3 Å². The Morgan fingerprint density at radius 3 is 2.67 bits per heavy atom. The zero-order valence-electron chi connectivity index (χ0n) is 9.44. The van der Waals surface area contributed by atoms with Crippen LogP contribution in [0.15, 0.2) is 0 Å². The van der Waals surface area contributed by atoms with Gasteiger partial charge in [-0.15, -0.1) is 0 Å². The van der Waals surface area contributed by atoms with E-state index in [0.29, 0.717) is 11.8 Å². The summed E-state index contributed by atoms with van der Waals surface area (Å²) in [4.78, 5) is 13.3. The number of hydrogen-bond donors (Lipinski definition) is 1. The molecule has 0 heterocycles. The Morgan fingerprint density at radius 1 is 1.60 bits per heavy atom. The average Bonchev–Trinajstić information content (AvgIpc) is 2.99. The molecule has 0 aliphatic heterocycles. The molecule has 1 saturated carbocycles. The van der Waals surface area contributed by atoms with E-state index >= 15 is 0 Å². The van der Waals surface area contributed by atoms with Crippen LogP contribution in [-0.2, 0) is 15.6 Å². The normalized spacial score (nSPS) is 19.7. The van der Waals surface area contributed by atoms with Crippen LogP contribution in [0.2, 0.25) is 0 Å². The highest BCUT2D eigenvalue weighted by Gasteiger charge is 2.30. The standard InChI is InChI=1S/C10H20N2O2S/c1-3-8(11)6-15(14)7-10(13)12(2)9-4-5-9/h8-9H,3-7,11H2,1-2H3. The molecule has 1 rings (SSSR count). The second-order valence-corrected chi connectivity index (χ2v) is 5.66. The first-order valence-corrected chi connectivity index (χ1v) is 6.89. The minimum atomic E-state index is -1.11. The van der Waals surface area contributed by atoms with Crippen LogP contribution in [0.3, 0.4) is 0 Å². The lowest BCUT2D eigenvalue weighted by molar-refractivity contribution is -0.127. The first-order chi connectivity index (χ1) is 7.04. The predicted octanol–water partition coefficient (Wildman–Crippen LogP) is 0.0932. The first kappa shape index (κ1) is 12.6. The Hall–Kier alpha value is -0.420. The number of carbonyl (C=O) groups is 1. The second-order valence-electron chi connectivity index (χ2n) is 4.15. The van der Waals surface area contributed by atoms with Crippen molar-refractivity contribution >= 4 is 16.7 Å². The second kappa shape index (κ2) is 5.61. The third-order valence-electron chi connectivity index (χ3n) is 2.70. The van der Waals surface area contributed by atoms with E-state index in [1.165, 1.54) is 0 Å². The highest BCUT2D eigenvalue weighted by atomic mass is 32.2. The van der Waals surface area contributed by atoms with Crippen molar-refractivity contribution in [2.75, 3.05) is 18.6 Å². The molecule has 0 aromatic carbocycles. The van der Waals surface area contributed by atoms with Gasteiger partial charge in [0.2, 0.25) is 5.91 Å². The van der Waals surface area contributed by atoms with E-state index < -0.39 is 10.8 Å². The molecule has 1 amide bonds.